The van der Waals surface area contributed by atoms with Crippen molar-refractivity contribution in [2.75, 3.05) is 13.1 Å². The van der Waals surface area contributed by atoms with Crippen LogP contribution in [0.3, 0.4) is 0 Å². The number of nitrogens with one attached hydrogen (secondary N) is 1. The predicted molar refractivity (Wildman–Crippen MR) is 92.4 cm³/mol. The molecule has 1 atom stereocenters. The quantitative estimate of drug-likeness (QED) is 0.830. The van der Waals surface area contributed by atoms with E-state index in [0.29, 0.717) is 12.1 Å². The number of amides is 1. The lowest BCUT2D eigenvalue weighted by atomic mass is 9.91. The van der Waals surface area contributed by atoms with Gasteiger partial charge in [-0.05, 0) is 58.5 Å². The van der Waals surface area contributed by atoms with Gasteiger partial charge in [-0.15, -0.1) is 24.8 Å². The van der Waals surface area contributed by atoms with Gasteiger partial charge in [0.2, 0.25) is 5.91 Å². The Morgan fingerprint density at radius 2 is 1.57 bits per heavy atom. The highest BCUT2D eigenvalue weighted by molar-refractivity contribution is 5.85. The molecule has 1 aliphatic carbocycles. The van der Waals surface area contributed by atoms with Crippen LogP contribution in [0, 0.1) is 0 Å². The zero-order chi connectivity index (χ0) is 13.7. The topological polar surface area (TPSA) is 58.4 Å². The molecule has 2 aliphatic rings. The summed E-state index contributed by atoms with van der Waals surface area (Å²) in [5, 5.41) is 3.22. The van der Waals surface area contributed by atoms with Crippen LogP contribution in [0.2, 0.25) is 0 Å². The molecule has 1 amide bonds. The van der Waals surface area contributed by atoms with Gasteiger partial charge in [0.05, 0.1) is 6.04 Å². The highest BCUT2D eigenvalue weighted by atomic mass is 35.5. The first-order valence-electron chi connectivity index (χ1n) is 7.97. The fourth-order valence-corrected chi connectivity index (χ4v) is 3.23. The molecule has 2 rings (SSSR count). The summed E-state index contributed by atoms with van der Waals surface area (Å²) in [7, 11) is 0. The van der Waals surface area contributed by atoms with Crippen molar-refractivity contribution in [1.82, 2.24) is 10.2 Å². The van der Waals surface area contributed by atoms with Crippen molar-refractivity contribution < 1.29 is 4.79 Å². The van der Waals surface area contributed by atoms with E-state index >= 15 is 0 Å². The highest BCUT2D eigenvalue weighted by Gasteiger charge is 2.25. The molecule has 0 aromatic heterocycles. The van der Waals surface area contributed by atoms with Gasteiger partial charge in [-0.2, -0.15) is 0 Å². The number of likely N-dealkylation sites (tertiary alicyclic amines) is 1. The van der Waals surface area contributed by atoms with Crippen molar-refractivity contribution in [2.45, 2.75) is 76.4 Å². The Hall–Kier alpha value is -0.0300. The summed E-state index contributed by atoms with van der Waals surface area (Å²) in [5.74, 6) is 0.211. The first-order chi connectivity index (χ1) is 9.16. The summed E-state index contributed by atoms with van der Waals surface area (Å²) in [6, 6.07) is 0.714. The van der Waals surface area contributed by atoms with E-state index in [4.69, 9.17) is 5.73 Å². The van der Waals surface area contributed by atoms with Crippen molar-refractivity contribution in [3.05, 3.63) is 0 Å². The number of hydrogen-bond donors (Lipinski definition) is 2. The lowest BCUT2D eigenvalue weighted by Gasteiger charge is -2.31. The zero-order valence-corrected chi connectivity index (χ0v) is 14.7. The SMILES string of the molecule is CC(C(=O)NC1CCC(N)CC1)N1CCCCCC1.Cl.Cl. The van der Waals surface area contributed by atoms with E-state index in [9.17, 15) is 4.79 Å². The van der Waals surface area contributed by atoms with Gasteiger partial charge >= 0.3 is 0 Å². The van der Waals surface area contributed by atoms with Crippen molar-refractivity contribution in [2.24, 2.45) is 5.73 Å². The molecule has 1 unspecified atom stereocenters. The smallest absolute Gasteiger partial charge is 0.237 e. The third-order valence-corrected chi connectivity index (χ3v) is 4.69. The maximum absolute atomic E-state index is 12.3. The Bertz CT molecular complexity index is 289. The molecule has 1 heterocycles. The molecule has 1 saturated carbocycles. The number of hydrogen-bond acceptors (Lipinski definition) is 3. The van der Waals surface area contributed by atoms with Crippen LogP contribution in [0.5, 0.6) is 0 Å². The molecule has 0 aromatic carbocycles. The van der Waals surface area contributed by atoms with Crippen LogP contribution in [0.15, 0.2) is 0 Å². The minimum atomic E-state index is 0. The molecule has 0 radical (unpaired) electrons. The van der Waals surface area contributed by atoms with Crippen LogP contribution >= 0.6 is 24.8 Å². The van der Waals surface area contributed by atoms with E-state index in [1.165, 1.54) is 25.7 Å². The minimum absolute atomic E-state index is 0. The van der Waals surface area contributed by atoms with Crippen LogP contribution < -0.4 is 11.1 Å². The summed E-state index contributed by atoms with van der Waals surface area (Å²) in [5.41, 5.74) is 5.90. The average Bonchev–Trinajstić information content (AvgIpc) is 2.69. The van der Waals surface area contributed by atoms with Crippen molar-refractivity contribution in [3.8, 4) is 0 Å². The van der Waals surface area contributed by atoms with Gasteiger partial charge in [-0.25, -0.2) is 0 Å². The largest absolute Gasteiger partial charge is 0.352 e. The third-order valence-electron chi connectivity index (χ3n) is 4.69. The third kappa shape index (κ3) is 6.72. The Morgan fingerprint density at radius 1 is 1.05 bits per heavy atom. The minimum Gasteiger partial charge on any atom is -0.352 e. The fourth-order valence-electron chi connectivity index (χ4n) is 3.23. The Morgan fingerprint density at radius 3 is 2.10 bits per heavy atom. The lowest BCUT2D eigenvalue weighted by Crippen LogP contribution is -2.49. The normalized spacial score (nSPS) is 28.5. The summed E-state index contributed by atoms with van der Waals surface area (Å²) in [4.78, 5) is 14.7. The van der Waals surface area contributed by atoms with Gasteiger partial charge in [-0.1, -0.05) is 12.8 Å². The second-order valence-corrected chi connectivity index (χ2v) is 6.25. The number of nitrogens with zero attached hydrogens (tertiary/aromatic N) is 1. The van der Waals surface area contributed by atoms with Crippen LogP contribution in [-0.4, -0.2) is 42.0 Å². The molecular formula is C15H31Cl2N3O. The van der Waals surface area contributed by atoms with Crippen molar-refractivity contribution in [3.63, 3.8) is 0 Å². The summed E-state index contributed by atoms with van der Waals surface area (Å²) < 4.78 is 0. The number of nitrogens with two attached hydrogens (primary N) is 1. The van der Waals surface area contributed by atoms with E-state index in [2.05, 4.69) is 17.1 Å². The first kappa shape index (κ1) is 21.0. The molecule has 0 bridgehead atoms. The summed E-state index contributed by atoms with van der Waals surface area (Å²) in [6.45, 7) is 4.20. The second kappa shape index (κ2) is 10.7. The van der Waals surface area contributed by atoms with E-state index in [1.807, 2.05) is 0 Å². The van der Waals surface area contributed by atoms with Gasteiger partial charge in [-0.3, -0.25) is 9.69 Å². The molecule has 0 spiro atoms. The van der Waals surface area contributed by atoms with Gasteiger partial charge in [0.15, 0.2) is 0 Å². The first-order valence-corrected chi connectivity index (χ1v) is 7.97. The molecule has 21 heavy (non-hydrogen) atoms. The van der Waals surface area contributed by atoms with Gasteiger partial charge in [0.25, 0.3) is 0 Å². The monoisotopic (exact) mass is 339 g/mol. The zero-order valence-electron chi connectivity index (χ0n) is 13.1. The summed E-state index contributed by atoms with van der Waals surface area (Å²) >= 11 is 0. The molecule has 0 aromatic rings. The van der Waals surface area contributed by atoms with Crippen molar-refractivity contribution >= 4 is 30.7 Å². The fraction of sp³-hybridized carbons (Fsp3) is 0.933. The maximum Gasteiger partial charge on any atom is 0.237 e. The lowest BCUT2D eigenvalue weighted by molar-refractivity contribution is -0.126. The Balaban J connectivity index is 0.00000200. The highest BCUT2D eigenvalue weighted by Crippen LogP contribution is 2.18. The number of carbonyl (C=O) groups excluding carboxylic acids is 1. The average molecular weight is 340 g/mol. The van der Waals surface area contributed by atoms with Crippen molar-refractivity contribution in [1.29, 1.82) is 0 Å². The molecule has 1 aliphatic heterocycles. The predicted octanol–water partition coefficient (Wildman–Crippen LogP) is 2.48. The molecule has 126 valence electrons. The molecule has 3 N–H and O–H groups in total. The Kier molecular flexibility index (Phi) is 10.6. The van der Waals surface area contributed by atoms with E-state index < -0.39 is 0 Å². The second-order valence-electron chi connectivity index (χ2n) is 6.25. The Labute approximate surface area is 141 Å². The molecule has 1 saturated heterocycles. The number of rotatable bonds is 3. The van der Waals surface area contributed by atoms with Gasteiger partial charge < -0.3 is 11.1 Å². The van der Waals surface area contributed by atoms with E-state index in [1.54, 1.807) is 0 Å². The van der Waals surface area contributed by atoms with Crippen LogP contribution in [0.1, 0.15) is 58.3 Å². The van der Waals surface area contributed by atoms with Crippen LogP contribution in [0.25, 0.3) is 0 Å². The number of carbonyl (C=O) groups is 1. The number of halogens is 2. The molecular weight excluding hydrogens is 309 g/mol. The van der Waals surface area contributed by atoms with E-state index in [0.717, 1.165) is 38.8 Å². The molecule has 6 heteroatoms. The van der Waals surface area contributed by atoms with Crippen LogP contribution in [0.4, 0.5) is 0 Å². The van der Waals surface area contributed by atoms with E-state index in [-0.39, 0.29) is 36.8 Å². The molecule has 2 fully saturated rings. The summed E-state index contributed by atoms with van der Waals surface area (Å²) in [6.07, 6.45) is 9.26. The van der Waals surface area contributed by atoms with Gasteiger partial charge in [0, 0.05) is 12.1 Å². The van der Waals surface area contributed by atoms with Gasteiger partial charge in [0.1, 0.15) is 0 Å². The maximum atomic E-state index is 12.3. The molecule has 4 nitrogen and oxygen atoms in total. The van der Waals surface area contributed by atoms with Crippen LogP contribution in [-0.2, 0) is 4.79 Å². The standard InChI is InChI=1S/C15H29N3O.2ClH/c1-12(18-10-4-2-3-5-11-18)15(19)17-14-8-6-13(16)7-9-14;;/h12-14H,2-11,16H2,1H3,(H,17,19);2*1H.